The van der Waals surface area contributed by atoms with Gasteiger partial charge in [-0.25, -0.2) is 13.2 Å². The molecule has 0 radical (unpaired) electrons. The number of amides is 3. The lowest BCUT2D eigenvalue weighted by Crippen LogP contribution is -2.50. The molecule has 0 saturated heterocycles. The van der Waals surface area contributed by atoms with Crippen LogP contribution in [0, 0.1) is 5.92 Å². The van der Waals surface area contributed by atoms with Crippen molar-refractivity contribution < 1.29 is 37.3 Å². The number of para-hydroxylation sites is 1. The average molecular weight is 549 g/mol. The van der Waals surface area contributed by atoms with Crippen LogP contribution in [0.4, 0.5) is 16.2 Å². The smallest absolute Gasteiger partial charge is 0.321 e. The van der Waals surface area contributed by atoms with Crippen molar-refractivity contribution in [1.82, 2.24) is 9.80 Å². The summed E-state index contributed by atoms with van der Waals surface area (Å²) in [5.74, 6) is 0.527. The molecule has 2 aromatic rings. The number of carbonyl (C=O) groups is 2. The molecule has 13 heteroatoms. The Morgan fingerprint density at radius 3 is 2.68 bits per heavy atom. The van der Waals surface area contributed by atoms with Gasteiger partial charge in [0.1, 0.15) is 6.10 Å². The molecule has 0 aliphatic carbocycles. The molecule has 0 bridgehead atoms. The minimum absolute atomic E-state index is 0.0687. The maximum absolute atomic E-state index is 13.4. The average Bonchev–Trinajstić information content (AvgIpc) is 3.33. The summed E-state index contributed by atoms with van der Waals surface area (Å²) in [7, 11) is -2.07. The first-order chi connectivity index (χ1) is 18.0. The summed E-state index contributed by atoms with van der Waals surface area (Å²) in [6.07, 6.45) is 0.385. The molecule has 206 valence electrons. The van der Waals surface area contributed by atoms with Crippen LogP contribution in [0.3, 0.4) is 0 Å². The molecule has 2 aliphatic heterocycles. The van der Waals surface area contributed by atoms with Gasteiger partial charge in [0.25, 0.3) is 5.91 Å². The maximum atomic E-state index is 13.4. The highest BCUT2D eigenvalue weighted by atomic mass is 32.2. The number of hydrogen-bond donors (Lipinski definition) is 3. The fraction of sp³-hybridized carbons (Fsp3) is 0.440. The van der Waals surface area contributed by atoms with Crippen molar-refractivity contribution in [2.24, 2.45) is 5.92 Å². The SMILES string of the molecule is C[C@@H]1CN([C@H](C)CO)C(=O)c2cccc(NS(C)(=O)=O)c2O[C@H]1CN(C)C(=O)Nc1ccc2c(c1)OCO2. The van der Waals surface area contributed by atoms with Gasteiger partial charge < -0.3 is 34.4 Å². The van der Waals surface area contributed by atoms with Crippen LogP contribution in [-0.4, -0.2) is 87.2 Å². The zero-order chi connectivity index (χ0) is 27.6. The summed E-state index contributed by atoms with van der Waals surface area (Å²) in [6.45, 7) is 3.85. The molecule has 0 saturated carbocycles. The first-order valence-electron chi connectivity index (χ1n) is 12.1. The van der Waals surface area contributed by atoms with Crippen LogP contribution in [0.15, 0.2) is 36.4 Å². The normalized spacial score (nSPS) is 19.5. The maximum Gasteiger partial charge on any atom is 0.321 e. The Balaban J connectivity index is 1.61. The van der Waals surface area contributed by atoms with Crippen LogP contribution in [0.2, 0.25) is 0 Å². The molecular formula is C25H32N4O8S. The van der Waals surface area contributed by atoms with Crippen molar-refractivity contribution in [2.75, 3.05) is 49.8 Å². The summed E-state index contributed by atoms with van der Waals surface area (Å²) in [5.41, 5.74) is 0.793. The molecular weight excluding hydrogens is 516 g/mol. The van der Waals surface area contributed by atoms with E-state index in [0.717, 1.165) is 6.26 Å². The van der Waals surface area contributed by atoms with E-state index in [4.69, 9.17) is 14.2 Å². The first-order valence-corrected chi connectivity index (χ1v) is 14.0. The van der Waals surface area contributed by atoms with Gasteiger partial charge in [0.2, 0.25) is 16.8 Å². The van der Waals surface area contributed by atoms with Crippen molar-refractivity contribution in [3.8, 4) is 17.2 Å². The number of aliphatic hydroxyl groups excluding tert-OH is 1. The number of aliphatic hydroxyl groups is 1. The van der Waals surface area contributed by atoms with E-state index in [2.05, 4.69) is 10.0 Å². The van der Waals surface area contributed by atoms with Crippen molar-refractivity contribution in [2.45, 2.75) is 26.0 Å². The molecule has 2 heterocycles. The van der Waals surface area contributed by atoms with E-state index in [1.54, 1.807) is 44.3 Å². The van der Waals surface area contributed by atoms with Gasteiger partial charge in [0.05, 0.1) is 36.7 Å². The summed E-state index contributed by atoms with van der Waals surface area (Å²) in [6, 6.07) is 8.79. The fourth-order valence-electron chi connectivity index (χ4n) is 4.29. The Hall–Kier alpha value is -3.71. The number of likely N-dealkylation sites (N-methyl/N-ethyl adjacent to an activating group) is 1. The molecule has 0 unspecified atom stereocenters. The van der Waals surface area contributed by atoms with Crippen molar-refractivity contribution in [3.63, 3.8) is 0 Å². The number of benzene rings is 2. The van der Waals surface area contributed by atoms with E-state index in [-0.39, 0.29) is 49.4 Å². The van der Waals surface area contributed by atoms with E-state index < -0.39 is 34.1 Å². The predicted octanol–water partition coefficient (Wildman–Crippen LogP) is 2.17. The molecule has 12 nitrogen and oxygen atoms in total. The Labute approximate surface area is 221 Å². The summed E-state index contributed by atoms with van der Waals surface area (Å²) in [5, 5.41) is 12.6. The molecule has 2 aliphatic rings. The zero-order valence-electron chi connectivity index (χ0n) is 21.6. The van der Waals surface area contributed by atoms with Crippen molar-refractivity contribution in [1.29, 1.82) is 0 Å². The van der Waals surface area contributed by atoms with Crippen molar-refractivity contribution >= 4 is 33.3 Å². The topological polar surface area (TPSA) is 147 Å². The first kappa shape index (κ1) is 27.3. The number of rotatable bonds is 7. The Kier molecular flexibility index (Phi) is 7.88. The number of ether oxygens (including phenoxy) is 3. The summed E-state index contributed by atoms with van der Waals surface area (Å²) >= 11 is 0. The Morgan fingerprint density at radius 1 is 1.24 bits per heavy atom. The minimum atomic E-state index is -3.68. The monoisotopic (exact) mass is 548 g/mol. The lowest BCUT2D eigenvalue weighted by Gasteiger charge is -2.38. The third kappa shape index (κ3) is 6.05. The number of nitrogens with zero attached hydrogens (tertiary/aromatic N) is 2. The van der Waals surface area contributed by atoms with Crippen LogP contribution in [0.5, 0.6) is 17.2 Å². The number of fused-ring (bicyclic) bond motifs is 2. The molecule has 4 rings (SSSR count). The third-order valence-electron chi connectivity index (χ3n) is 6.41. The lowest BCUT2D eigenvalue weighted by molar-refractivity contribution is 0.0373. The molecule has 3 atom stereocenters. The molecule has 38 heavy (non-hydrogen) atoms. The van der Waals surface area contributed by atoms with Crippen LogP contribution in [0.25, 0.3) is 0 Å². The fourth-order valence-corrected chi connectivity index (χ4v) is 4.85. The highest BCUT2D eigenvalue weighted by molar-refractivity contribution is 7.92. The number of carbonyl (C=O) groups excluding carboxylic acids is 2. The predicted molar refractivity (Wildman–Crippen MR) is 140 cm³/mol. The highest BCUT2D eigenvalue weighted by Gasteiger charge is 2.35. The van der Waals surface area contributed by atoms with Crippen molar-refractivity contribution in [3.05, 3.63) is 42.0 Å². The molecule has 0 spiro atoms. The number of nitrogens with one attached hydrogen (secondary N) is 2. The molecule has 3 N–H and O–H groups in total. The van der Waals surface area contributed by atoms with Gasteiger partial charge in [-0.2, -0.15) is 0 Å². The van der Waals surface area contributed by atoms with Crippen LogP contribution >= 0.6 is 0 Å². The lowest BCUT2D eigenvalue weighted by atomic mass is 9.99. The van der Waals surface area contributed by atoms with E-state index in [1.807, 2.05) is 6.92 Å². The van der Waals surface area contributed by atoms with Gasteiger partial charge in [-0.3, -0.25) is 9.52 Å². The van der Waals surface area contributed by atoms with Crippen LogP contribution < -0.4 is 24.2 Å². The second-order valence-electron chi connectivity index (χ2n) is 9.56. The second kappa shape index (κ2) is 11.0. The van der Waals surface area contributed by atoms with Gasteiger partial charge in [0.15, 0.2) is 17.2 Å². The molecule has 0 fully saturated rings. The second-order valence-corrected chi connectivity index (χ2v) is 11.3. The van der Waals surface area contributed by atoms with E-state index in [9.17, 15) is 23.1 Å². The zero-order valence-corrected chi connectivity index (χ0v) is 22.4. The number of anilines is 2. The van der Waals surface area contributed by atoms with Gasteiger partial charge in [-0.05, 0) is 31.2 Å². The van der Waals surface area contributed by atoms with E-state index in [0.29, 0.717) is 17.2 Å². The molecule has 2 aromatic carbocycles. The number of sulfonamides is 1. The number of hydrogen-bond acceptors (Lipinski definition) is 8. The standard InChI is InChI=1S/C25H32N4O8S/c1-15-11-29(16(2)13-30)24(31)18-6-5-7-19(27-38(4,33)34)23(18)37-22(15)12-28(3)25(32)26-17-8-9-20-21(10-17)36-14-35-20/h5-10,15-16,22,27,30H,11-14H2,1-4H3,(H,26,32)/t15-,16-,22+/m1/s1. The Bertz CT molecular complexity index is 1320. The molecule has 0 aromatic heterocycles. The van der Waals surface area contributed by atoms with Gasteiger partial charge >= 0.3 is 6.03 Å². The van der Waals surface area contributed by atoms with Gasteiger partial charge in [-0.15, -0.1) is 0 Å². The van der Waals surface area contributed by atoms with Gasteiger partial charge in [0, 0.05) is 31.3 Å². The quantitative estimate of drug-likeness (QED) is 0.477. The summed E-state index contributed by atoms with van der Waals surface area (Å²) < 4.78 is 43.4. The molecule has 3 amide bonds. The van der Waals surface area contributed by atoms with Gasteiger partial charge in [-0.1, -0.05) is 13.0 Å². The third-order valence-corrected chi connectivity index (χ3v) is 7.00. The van der Waals surface area contributed by atoms with Crippen LogP contribution in [0.1, 0.15) is 24.2 Å². The highest BCUT2D eigenvalue weighted by Crippen LogP contribution is 2.36. The van der Waals surface area contributed by atoms with E-state index in [1.165, 1.54) is 15.9 Å². The summed E-state index contributed by atoms with van der Waals surface area (Å²) in [4.78, 5) is 29.4. The van der Waals surface area contributed by atoms with E-state index >= 15 is 0 Å². The van der Waals surface area contributed by atoms with Crippen LogP contribution in [-0.2, 0) is 10.0 Å². The Morgan fingerprint density at radius 2 is 1.97 bits per heavy atom. The minimum Gasteiger partial charge on any atom is -0.485 e. The number of urea groups is 1. The largest absolute Gasteiger partial charge is 0.485 e.